The van der Waals surface area contributed by atoms with Crippen LogP contribution in [0.4, 0.5) is 0 Å². The van der Waals surface area contributed by atoms with Crippen LogP contribution in [0.15, 0.2) is 12.2 Å². The van der Waals surface area contributed by atoms with E-state index in [0.717, 1.165) is 64.2 Å². The minimum absolute atomic E-state index is 0.0687. The zero-order valence-corrected chi connectivity index (χ0v) is 43.3. The van der Waals surface area contributed by atoms with E-state index in [-0.39, 0.29) is 31.1 Å². The van der Waals surface area contributed by atoms with Crippen molar-refractivity contribution < 1.29 is 28.6 Å². The molecule has 0 aromatic heterocycles. The highest BCUT2D eigenvalue weighted by Gasteiger charge is 2.19. The molecule has 0 heterocycles. The van der Waals surface area contributed by atoms with Crippen LogP contribution in [-0.2, 0) is 28.6 Å². The molecule has 0 fully saturated rings. The van der Waals surface area contributed by atoms with Crippen molar-refractivity contribution in [2.45, 2.75) is 329 Å². The summed E-state index contributed by atoms with van der Waals surface area (Å²) < 4.78 is 16.9. The average Bonchev–Trinajstić information content (AvgIpc) is 3.29. The summed E-state index contributed by atoms with van der Waals surface area (Å²) in [6.07, 6.45) is 60.6. The number of hydrogen-bond acceptors (Lipinski definition) is 6. The van der Waals surface area contributed by atoms with Crippen LogP contribution in [0.25, 0.3) is 0 Å². The zero-order chi connectivity index (χ0) is 46.5. The van der Waals surface area contributed by atoms with Crippen LogP contribution in [0.2, 0.25) is 0 Å². The zero-order valence-electron chi connectivity index (χ0n) is 43.3. The fourth-order valence-corrected chi connectivity index (χ4v) is 8.68. The van der Waals surface area contributed by atoms with Crippen molar-refractivity contribution in [1.29, 1.82) is 0 Å². The molecule has 64 heavy (non-hydrogen) atoms. The number of esters is 3. The second-order valence-electron chi connectivity index (χ2n) is 19.6. The Morgan fingerprint density at radius 2 is 0.516 bits per heavy atom. The van der Waals surface area contributed by atoms with Gasteiger partial charge in [0, 0.05) is 19.3 Å². The van der Waals surface area contributed by atoms with Crippen molar-refractivity contribution in [1.82, 2.24) is 0 Å². The highest BCUT2D eigenvalue weighted by Crippen LogP contribution is 2.17. The van der Waals surface area contributed by atoms with Crippen molar-refractivity contribution in [3.8, 4) is 0 Å². The molecule has 0 bridgehead atoms. The van der Waals surface area contributed by atoms with Crippen molar-refractivity contribution in [2.24, 2.45) is 0 Å². The maximum atomic E-state index is 12.8. The van der Waals surface area contributed by atoms with Gasteiger partial charge in [-0.2, -0.15) is 0 Å². The third-order valence-electron chi connectivity index (χ3n) is 13.0. The first-order chi connectivity index (χ1) is 31.5. The number of carbonyl (C=O) groups is 3. The molecule has 1 atom stereocenters. The lowest BCUT2D eigenvalue weighted by atomic mass is 10.0. The predicted octanol–water partition coefficient (Wildman–Crippen LogP) is 18.9. The normalized spacial score (nSPS) is 12.0. The molecule has 0 aliphatic heterocycles. The lowest BCUT2D eigenvalue weighted by Crippen LogP contribution is -2.30. The lowest BCUT2D eigenvalue weighted by Gasteiger charge is -2.18. The fraction of sp³-hybridized carbons (Fsp3) is 0.914. The molecule has 378 valence electrons. The van der Waals surface area contributed by atoms with Crippen LogP contribution >= 0.6 is 0 Å². The van der Waals surface area contributed by atoms with Gasteiger partial charge in [-0.25, -0.2) is 0 Å². The minimum atomic E-state index is -0.770. The molecule has 0 spiro atoms. The number of allylic oxidation sites excluding steroid dienone is 2. The Labute approximate surface area is 399 Å². The smallest absolute Gasteiger partial charge is 0.306 e. The second-order valence-corrected chi connectivity index (χ2v) is 19.6. The summed E-state index contributed by atoms with van der Waals surface area (Å²) in [5.74, 6) is -0.862. The first kappa shape index (κ1) is 62.1. The van der Waals surface area contributed by atoms with E-state index in [2.05, 4.69) is 32.9 Å². The van der Waals surface area contributed by atoms with E-state index in [1.165, 1.54) is 218 Å². The van der Waals surface area contributed by atoms with Gasteiger partial charge in [0.15, 0.2) is 6.10 Å². The van der Waals surface area contributed by atoms with Gasteiger partial charge >= 0.3 is 17.9 Å². The van der Waals surface area contributed by atoms with Gasteiger partial charge < -0.3 is 14.2 Å². The molecule has 1 unspecified atom stereocenters. The molecule has 0 radical (unpaired) electrons. The number of unbranched alkanes of at least 4 members (excludes halogenated alkanes) is 40. The largest absolute Gasteiger partial charge is 0.462 e. The molecule has 6 heteroatoms. The van der Waals surface area contributed by atoms with E-state index in [1.807, 2.05) is 0 Å². The summed E-state index contributed by atoms with van der Waals surface area (Å²) in [6, 6.07) is 0. The number of rotatable bonds is 53. The summed E-state index contributed by atoms with van der Waals surface area (Å²) in [7, 11) is 0. The molecule has 0 rings (SSSR count). The van der Waals surface area contributed by atoms with Crippen molar-refractivity contribution >= 4 is 17.9 Å². The third kappa shape index (κ3) is 51.1. The Morgan fingerprint density at radius 3 is 0.797 bits per heavy atom. The quantitative estimate of drug-likeness (QED) is 0.0262. The van der Waals surface area contributed by atoms with Crippen LogP contribution in [0.3, 0.4) is 0 Å². The average molecular weight is 904 g/mol. The Kier molecular flexibility index (Phi) is 52.2. The minimum Gasteiger partial charge on any atom is -0.462 e. The SMILES string of the molecule is CCCCCCCC/C=C\CCCCCC(=O)OCC(COC(=O)CCCCCCCCCCCCCCCCCCCCC)OC(=O)CCCCCCCCCCCCCCCC. The van der Waals surface area contributed by atoms with Gasteiger partial charge in [-0.3, -0.25) is 14.4 Å². The molecule has 6 nitrogen and oxygen atoms in total. The van der Waals surface area contributed by atoms with Gasteiger partial charge in [0.1, 0.15) is 13.2 Å². The maximum absolute atomic E-state index is 12.8. The van der Waals surface area contributed by atoms with E-state index >= 15 is 0 Å². The van der Waals surface area contributed by atoms with Gasteiger partial charge in [0.05, 0.1) is 0 Å². The van der Waals surface area contributed by atoms with Crippen molar-refractivity contribution in [2.75, 3.05) is 13.2 Å². The molecular weight excluding hydrogens is 793 g/mol. The van der Waals surface area contributed by atoms with Crippen LogP contribution in [0.5, 0.6) is 0 Å². The summed E-state index contributed by atoms with van der Waals surface area (Å²) in [5.41, 5.74) is 0. The summed E-state index contributed by atoms with van der Waals surface area (Å²) >= 11 is 0. The summed E-state index contributed by atoms with van der Waals surface area (Å²) in [4.78, 5) is 38.1. The Balaban J connectivity index is 4.29. The van der Waals surface area contributed by atoms with Gasteiger partial charge in [-0.1, -0.05) is 270 Å². The van der Waals surface area contributed by atoms with Gasteiger partial charge in [-0.05, 0) is 44.9 Å². The molecule has 0 aliphatic carbocycles. The number of hydrogen-bond donors (Lipinski definition) is 0. The van der Waals surface area contributed by atoms with E-state index in [9.17, 15) is 14.4 Å². The topological polar surface area (TPSA) is 78.9 Å². The molecule has 0 aromatic carbocycles. The van der Waals surface area contributed by atoms with Crippen LogP contribution < -0.4 is 0 Å². The van der Waals surface area contributed by atoms with Crippen molar-refractivity contribution in [3.05, 3.63) is 12.2 Å². The predicted molar refractivity (Wildman–Crippen MR) is 275 cm³/mol. The summed E-state index contributed by atoms with van der Waals surface area (Å²) in [5, 5.41) is 0. The highest BCUT2D eigenvalue weighted by molar-refractivity contribution is 5.71. The van der Waals surface area contributed by atoms with Crippen LogP contribution in [-0.4, -0.2) is 37.2 Å². The molecule has 0 N–H and O–H groups in total. The van der Waals surface area contributed by atoms with E-state index in [4.69, 9.17) is 14.2 Å². The first-order valence-electron chi connectivity index (χ1n) is 28.7. The first-order valence-corrected chi connectivity index (χ1v) is 28.7. The lowest BCUT2D eigenvalue weighted by molar-refractivity contribution is -0.167. The fourth-order valence-electron chi connectivity index (χ4n) is 8.68. The van der Waals surface area contributed by atoms with E-state index in [1.54, 1.807) is 0 Å². The summed E-state index contributed by atoms with van der Waals surface area (Å²) in [6.45, 7) is 6.67. The van der Waals surface area contributed by atoms with E-state index in [0.29, 0.717) is 19.3 Å². The maximum Gasteiger partial charge on any atom is 0.306 e. The van der Waals surface area contributed by atoms with E-state index < -0.39 is 6.10 Å². The second kappa shape index (κ2) is 53.8. The number of ether oxygens (including phenoxy) is 3. The standard InChI is InChI=1S/C58H110O6/c1-4-7-10-13-16-19-22-25-27-28-29-30-31-34-36-39-42-45-48-51-57(60)63-54-55(53-62-56(59)50-47-44-41-38-35-32-24-21-18-15-12-9-6-3)64-58(61)52-49-46-43-40-37-33-26-23-20-17-14-11-8-5-2/h32,35,55H,4-31,33-34,36-54H2,1-3H3/b35-32-. The Morgan fingerprint density at radius 1 is 0.297 bits per heavy atom. The molecule has 0 amide bonds. The van der Waals surface area contributed by atoms with Crippen LogP contribution in [0, 0.1) is 0 Å². The van der Waals surface area contributed by atoms with Gasteiger partial charge in [0.25, 0.3) is 0 Å². The molecule has 0 aromatic rings. The van der Waals surface area contributed by atoms with Crippen molar-refractivity contribution in [3.63, 3.8) is 0 Å². The molecule has 0 saturated heterocycles. The Bertz CT molecular complexity index is 993. The third-order valence-corrected chi connectivity index (χ3v) is 13.0. The van der Waals surface area contributed by atoms with Gasteiger partial charge in [-0.15, -0.1) is 0 Å². The molecular formula is C58H110O6. The Hall–Kier alpha value is -1.85. The van der Waals surface area contributed by atoms with Gasteiger partial charge in [0.2, 0.25) is 0 Å². The van der Waals surface area contributed by atoms with Crippen LogP contribution in [0.1, 0.15) is 323 Å². The monoisotopic (exact) mass is 903 g/mol. The molecule has 0 aliphatic rings. The number of carbonyl (C=O) groups excluding carboxylic acids is 3. The highest BCUT2D eigenvalue weighted by atomic mass is 16.6. The molecule has 0 saturated carbocycles.